The van der Waals surface area contributed by atoms with E-state index >= 15 is 0 Å². The molecular weight excluding hydrogens is 336 g/mol. The summed E-state index contributed by atoms with van der Waals surface area (Å²) in [6.45, 7) is 2.60. The van der Waals surface area contributed by atoms with Gasteiger partial charge in [-0.15, -0.1) is 0 Å². The highest BCUT2D eigenvalue weighted by molar-refractivity contribution is 6.30. The van der Waals surface area contributed by atoms with Crippen molar-refractivity contribution in [2.24, 2.45) is 5.92 Å². The summed E-state index contributed by atoms with van der Waals surface area (Å²) in [7, 11) is 0. The Kier molecular flexibility index (Phi) is 4.66. The molecule has 1 aromatic heterocycles. The normalized spacial score (nSPS) is 23.5. The van der Waals surface area contributed by atoms with Crippen molar-refractivity contribution in [2.75, 3.05) is 13.1 Å². The fourth-order valence-electron chi connectivity index (χ4n) is 3.70. The fraction of sp³-hybridized carbons (Fsp3) is 0.474. The van der Waals surface area contributed by atoms with Crippen LogP contribution in [0, 0.1) is 5.92 Å². The zero-order chi connectivity index (χ0) is 17.2. The summed E-state index contributed by atoms with van der Waals surface area (Å²) >= 11 is 6.05. The lowest BCUT2D eigenvalue weighted by Crippen LogP contribution is -2.45. The van der Waals surface area contributed by atoms with E-state index in [1.54, 1.807) is 0 Å². The van der Waals surface area contributed by atoms with Crippen LogP contribution in [0.5, 0.6) is 0 Å². The second kappa shape index (κ2) is 7.08. The molecular formula is C19H23ClN4O. The van der Waals surface area contributed by atoms with Gasteiger partial charge in [-0.1, -0.05) is 23.7 Å². The van der Waals surface area contributed by atoms with Crippen molar-refractivity contribution in [1.29, 1.82) is 0 Å². The minimum atomic E-state index is 0.0760. The molecule has 2 amide bonds. The third-order valence-electron chi connectivity index (χ3n) is 5.28. The fourth-order valence-corrected chi connectivity index (χ4v) is 3.90. The van der Waals surface area contributed by atoms with Gasteiger partial charge in [0.1, 0.15) is 0 Å². The lowest BCUT2D eigenvalue weighted by atomic mass is 9.97. The SMILES string of the molecule is O=C(N[C@@H]1C[C@H]1c1cccc(Cl)c1)N1CCC(Cn2cccn2)CC1. The minimum absolute atomic E-state index is 0.0760. The van der Waals surface area contributed by atoms with Crippen molar-refractivity contribution in [3.8, 4) is 0 Å². The molecule has 132 valence electrons. The first-order valence-electron chi connectivity index (χ1n) is 8.97. The van der Waals surface area contributed by atoms with Crippen LogP contribution in [-0.4, -0.2) is 39.8 Å². The highest BCUT2D eigenvalue weighted by Gasteiger charge is 2.40. The smallest absolute Gasteiger partial charge is 0.317 e. The summed E-state index contributed by atoms with van der Waals surface area (Å²) in [5.74, 6) is 1.00. The Morgan fingerprint density at radius 3 is 2.84 bits per heavy atom. The number of carbonyl (C=O) groups excluding carboxylic acids is 1. The van der Waals surface area contributed by atoms with Crippen LogP contribution in [0.1, 0.15) is 30.7 Å². The first-order chi connectivity index (χ1) is 12.2. The van der Waals surface area contributed by atoms with Gasteiger partial charge >= 0.3 is 6.03 Å². The third-order valence-corrected chi connectivity index (χ3v) is 5.52. The molecule has 0 bridgehead atoms. The number of nitrogens with one attached hydrogen (secondary N) is 1. The van der Waals surface area contributed by atoms with Crippen LogP contribution in [0.3, 0.4) is 0 Å². The molecule has 4 rings (SSSR count). The molecule has 2 atom stereocenters. The van der Waals surface area contributed by atoms with E-state index in [4.69, 9.17) is 11.6 Å². The van der Waals surface area contributed by atoms with Crippen molar-refractivity contribution in [1.82, 2.24) is 20.0 Å². The van der Waals surface area contributed by atoms with Crippen LogP contribution in [0.2, 0.25) is 5.02 Å². The summed E-state index contributed by atoms with van der Waals surface area (Å²) in [5, 5.41) is 8.21. The summed E-state index contributed by atoms with van der Waals surface area (Å²) in [6, 6.07) is 10.2. The molecule has 2 fully saturated rings. The van der Waals surface area contributed by atoms with E-state index in [0.29, 0.717) is 11.8 Å². The summed E-state index contributed by atoms with van der Waals surface area (Å²) in [5.41, 5.74) is 1.22. The van der Waals surface area contributed by atoms with E-state index < -0.39 is 0 Å². The maximum absolute atomic E-state index is 12.5. The third kappa shape index (κ3) is 3.98. The van der Waals surface area contributed by atoms with Crippen molar-refractivity contribution in [3.05, 3.63) is 53.3 Å². The lowest BCUT2D eigenvalue weighted by Gasteiger charge is -2.32. The average Bonchev–Trinajstić information content (AvgIpc) is 3.19. The van der Waals surface area contributed by atoms with Gasteiger partial charge in [0.2, 0.25) is 0 Å². The molecule has 1 aromatic carbocycles. The zero-order valence-corrected chi connectivity index (χ0v) is 14.9. The maximum Gasteiger partial charge on any atom is 0.317 e. The molecule has 1 N–H and O–H groups in total. The van der Waals surface area contributed by atoms with Crippen LogP contribution in [0.15, 0.2) is 42.7 Å². The molecule has 2 aromatic rings. The summed E-state index contributed by atoms with van der Waals surface area (Å²) in [6.07, 6.45) is 6.89. The summed E-state index contributed by atoms with van der Waals surface area (Å²) in [4.78, 5) is 14.4. The molecule has 0 radical (unpaired) electrons. The number of carbonyl (C=O) groups is 1. The van der Waals surface area contributed by atoms with Crippen molar-refractivity contribution in [2.45, 2.75) is 37.8 Å². The highest BCUT2D eigenvalue weighted by atomic mass is 35.5. The van der Waals surface area contributed by atoms with Crippen LogP contribution in [-0.2, 0) is 6.54 Å². The van der Waals surface area contributed by atoms with Gasteiger partial charge in [0.15, 0.2) is 0 Å². The number of hydrogen-bond acceptors (Lipinski definition) is 2. The minimum Gasteiger partial charge on any atom is -0.335 e. The molecule has 1 saturated heterocycles. The topological polar surface area (TPSA) is 50.2 Å². The molecule has 0 unspecified atom stereocenters. The first-order valence-corrected chi connectivity index (χ1v) is 9.35. The van der Waals surface area contributed by atoms with Gasteiger partial charge in [0.05, 0.1) is 0 Å². The Balaban J connectivity index is 1.23. The molecule has 0 spiro atoms. The van der Waals surface area contributed by atoms with Crippen LogP contribution < -0.4 is 5.32 Å². The molecule has 5 nitrogen and oxygen atoms in total. The van der Waals surface area contributed by atoms with Gasteiger partial charge in [-0.05, 0) is 48.9 Å². The standard InChI is InChI=1S/C19H23ClN4O/c20-16-4-1-3-15(11-16)17-12-18(17)22-19(25)23-9-5-14(6-10-23)13-24-8-2-7-21-24/h1-4,7-8,11,14,17-18H,5-6,9-10,12-13H2,(H,22,25)/t17-,18+/m0/s1. The van der Waals surface area contributed by atoms with Gasteiger partial charge in [-0.2, -0.15) is 5.10 Å². The number of hydrogen-bond donors (Lipinski definition) is 1. The van der Waals surface area contributed by atoms with Crippen molar-refractivity contribution < 1.29 is 4.79 Å². The molecule has 25 heavy (non-hydrogen) atoms. The average molecular weight is 359 g/mol. The van der Waals surface area contributed by atoms with E-state index in [1.807, 2.05) is 46.2 Å². The predicted molar refractivity (Wildman–Crippen MR) is 97.7 cm³/mol. The van der Waals surface area contributed by atoms with E-state index in [1.165, 1.54) is 5.56 Å². The van der Waals surface area contributed by atoms with E-state index in [0.717, 1.165) is 43.9 Å². The Morgan fingerprint density at radius 1 is 1.28 bits per heavy atom. The largest absolute Gasteiger partial charge is 0.335 e. The van der Waals surface area contributed by atoms with E-state index in [9.17, 15) is 4.79 Å². The molecule has 2 aliphatic rings. The molecule has 1 saturated carbocycles. The zero-order valence-electron chi connectivity index (χ0n) is 14.1. The quantitative estimate of drug-likeness (QED) is 0.909. The number of rotatable bonds is 4. The second-order valence-electron chi connectivity index (χ2n) is 7.11. The number of benzene rings is 1. The van der Waals surface area contributed by atoms with Gasteiger partial charge in [-0.25, -0.2) is 4.79 Å². The number of aromatic nitrogens is 2. The lowest BCUT2D eigenvalue weighted by molar-refractivity contribution is 0.163. The molecule has 1 aliphatic heterocycles. The second-order valence-corrected chi connectivity index (χ2v) is 7.55. The Morgan fingerprint density at radius 2 is 2.12 bits per heavy atom. The van der Waals surface area contributed by atoms with Crippen LogP contribution >= 0.6 is 11.6 Å². The Bertz CT molecular complexity index is 725. The van der Waals surface area contributed by atoms with Crippen LogP contribution in [0.25, 0.3) is 0 Å². The first kappa shape index (κ1) is 16.5. The van der Waals surface area contributed by atoms with Gasteiger partial charge in [0.25, 0.3) is 0 Å². The van der Waals surface area contributed by atoms with Gasteiger partial charge < -0.3 is 10.2 Å². The number of halogens is 1. The predicted octanol–water partition coefficient (Wildman–Crippen LogP) is 3.51. The Hall–Kier alpha value is -2.01. The molecule has 6 heteroatoms. The number of nitrogens with zero attached hydrogens (tertiary/aromatic N) is 3. The monoisotopic (exact) mass is 358 g/mol. The van der Waals surface area contributed by atoms with Gasteiger partial charge in [0, 0.05) is 49.0 Å². The van der Waals surface area contributed by atoms with Crippen molar-refractivity contribution in [3.63, 3.8) is 0 Å². The van der Waals surface area contributed by atoms with E-state index in [-0.39, 0.29) is 12.1 Å². The number of piperidine rings is 1. The molecule has 2 heterocycles. The number of urea groups is 1. The molecule has 1 aliphatic carbocycles. The maximum atomic E-state index is 12.5. The van der Waals surface area contributed by atoms with E-state index in [2.05, 4.69) is 16.5 Å². The van der Waals surface area contributed by atoms with Gasteiger partial charge in [-0.3, -0.25) is 4.68 Å². The number of amides is 2. The number of likely N-dealkylation sites (tertiary alicyclic amines) is 1. The highest BCUT2D eigenvalue weighted by Crippen LogP contribution is 2.41. The summed E-state index contributed by atoms with van der Waals surface area (Å²) < 4.78 is 1.99. The van der Waals surface area contributed by atoms with Crippen LogP contribution in [0.4, 0.5) is 4.79 Å². The van der Waals surface area contributed by atoms with Crippen molar-refractivity contribution >= 4 is 17.6 Å². The Labute approximate surface area is 153 Å².